The number of rotatable bonds is 4. The molecule has 0 spiro atoms. The van der Waals surface area contributed by atoms with Gasteiger partial charge in [-0.1, -0.05) is 56.0 Å². The molecule has 3 amide bonds. The molecule has 1 heterocycles. The van der Waals surface area contributed by atoms with Gasteiger partial charge in [-0.25, -0.2) is 4.90 Å². The molecule has 152 valence electrons. The average Bonchev–Trinajstić information content (AvgIpc) is 2.90. The molecule has 2 fully saturated rings. The van der Waals surface area contributed by atoms with Gasteiger partial charge in [-0.2, -0.15) is 0 Å². The minimum absolute atomic E-state index is 0.0109. The van der Waals surface area contributed by atoms with Crippen LogP contribution in [0.5, 0.6) is 0 Å². The van der Waals surface area contributed by atoms with E-state index < -0.39 is 6.04 Å². The Balaban J connectivity index is 1.89. The van der Waals surface area contributed by atoms with Gasteiger partial charge in [0.2, 0.25) is 11.8 Å². The molecule has 1 atom stereocenters. The lowest BCUT2D eigenvalue weighted by molar-refractivity contribution is -0.143. The van der Waals surface area contributed by atoms with Crippen LogP contribution < -0.4 is 4.90 Å². The monoisotopic (exact) mass is 448 g/mol. The fourth-order valence-corrected chi connectivity index (χ4v) is 4.50. The number of carbonyl (C=O) groups excluding carboxylic acids is 3. The third kappa shape index (κ3) is 4.65. The van der Waals surface area contributed by atoms with Gasteiger partial charge in [-0.15, -0.1) is 0 Å². The Labute approximate surface area is 175 Å². The number of amides is 3. The van der Waals surface area contributed by atoms with E-state index in [2.05, 4.69) is 15.9 Å². The SMILES string of the molecule is CC(C)(C)CC(=O)N(C1CCCCC1)C1CC(=O)N(c2ccc(Br)cc2)C1=O. The molecule has 1 aliphatic carbocycles. The highest BCUT2D eigenvalue weighted by Gasteiger charge is 2.46. The fraction of sp³-hybridized carbons (Fsp3) is 0.591. The van der Waals surface area contributed by atoms with E-state index in [0.717, 1.165) is 30.2 Å². The van der Waals surface area contributed by atoms with Crippen molar-refractivity contribution in [3.05, 3.63) is 28.7 Å². The molecule has 3 rings (SSSR count). The van der Waals surface area contributed by atoms with Gasteiger partial charge in [0.15, 0.2) is 0 Å². The quantitative estimate of drug-likeness (QED) is 0.628. The van der Waals surface area contributed by atoms with Gasteiger partial charge < -0.3 is 4.90 Å². The molecule has 1 aromatic carbocycles. The van der Waals surface area contributed by atoms with Crippen LogP contribution in [0.15, 0.2) is 28.7 Å². The summed E-state index contributed by atoms with van der Waals surface area (Å²) in [7, 11) is 0. The predicted molar refractivity (Wildman–Crippen MR) is 113 cm³/mol. The zero-order valence-corrected chi connectivity index (χ0v) is 18.5. The number of carbonyl (C=O) groups is 3. The maximum Gasteiger partial charge on any atom is 0.257 e. The summed E-state index contributed by atoms with van der Waals surface area (Å²) in [6.45, 7) is 6.08. The summed E-state index contributed by atoms with van der Waals surface area (Å²) in [5, 5.41) is 0. The number of nitrogens with zero attached hydrogens (tertiary/aromatic N) is 2. The van der Waals surface area contributed by atoms with Crippen LogP contribution in [0.2, 0.25) is 0 Å². The fourth-order valence-electron chi connectivity index (χ4n) is 4.23. The molecule has 28 heavy (non-hydrogen) atoms. The minimum Gasteiger partial charge on any atom is -0.327 e. The molecule has 1 saturated carbocycles. The van der Waals surface area contributed by atoms with Crippen LogP contribution in [0.25, 0.3) is 0 Å². The first-order valence-electron chi connectivity index (χ1n) is 10.1. The van der Waals surface area contributed by atoms with E-state index in [9.17, 15) is 14.4 Å². The van der Waals surface area contributed by atoms with Crippen molar-refractivity contribution in [1.29, 1.82) is 0 Å². The Morgan fingerprint density at radius 3 is 2.29 bits per heavy atom. The molecule has 0 N–H and O–H groups in total. The Morgan fingerprint density at radius 2 is 1.71 bits per heavy atom. The van der Waals surface area contributed by atoms with Gasteiger partial charge in [-0.05, 0) is 42.5 Å². The number of anilines is 1. The Kier molecular flexibility index (Phi) is 6.28. The first kappa shape index (κ1) is 21.0. The van der Waals surface area contributed by atoms with Crippen molar-refractivity contribution in [3.63, 3.8) is 0 Å². The van der Waals surface area contributed by atoms with Crippen molar-refractivity contribution in [2.75, 3.05) is 4.90 Å². The van der Waals surface area contributed by atoms with Crippen LogP contribution in [-0.4, -0.2) is 34.7 Å². The highest BCUT2D eigenvalue weighted by Crippen LogP contribution is 2.33. The third-order valence-electron chi connectivity index (χ3n) is 5.48. The summed E-state index contributed by atoms with van der Waals surface area (Å²) in [5.74, 6) is -0.523. The molecule has 0 bridgehead atoms. The van der Waals surface area contributed by atoms with Gasteiger partial charge in [0.05, 0.1) is 12.1 Å². The van der Waals surface area contributed by atoms with E-state index in [4.69, 9.17) is 0 Å². The van der Waals surface area contributed by atoms with Crippen LogP contribution in [0.4, 0.5) is 5.69 Å². The van der Waals surface area contributed by atoms with Crippen molar-refractivity contribution >= 4 is 39.3 Å². The van der Waals surface area contributed by atoms with Crippen LogP contribution in [-0.2, 0) is 14.4 Å². The van der Waals surface area contributed by atoms with E-state index in [-0.39, 0.29) is 35.6 Å². The highest BCUT2D eigenvalue weighted by molar-refractivity contribution is 9.10. The summed E-state index contributed by atoms with van der Waals surface area (Å²) >= 11 is 3.38. The molecule has 1 unspecified atom stereocenters. The standard InChI is InChI=1S/C22H29BrN2O3/c1-22(2,3)14-20(27)24(16-7-5-4-6-8-16)18-13-19(26)25(21(18)28)17-11-9-15(23)10-12-17/h9-12,16,18H,4-8,13-14H2,1-3H3. The molecule has 0 radical (unpaired) electrons. The Morgan fingerprint density at radius 1 is 1.11 bits per heavy atom. The first-order chi connectivity index (χ1) is 13.2. The zero-order valence-electron chi connectivity index (χ0n) is 16.9. The van der Waals surface area contributed by atoms with E-state index in [0.29, 0.717) is 12.1 Å². The smallest absolute Gasteiger partial charge is 0.257 e. The van der Waals surface area contributed by atoms with E-state index in [1.165, 1.54) is 11.3 Å². The van der Waals surface area contributed by atoms with Gasteiger partial charge >= 0.3 is 0 Å². The number of imide groups is 1. The second-order valence-corrected chi connectivity index (χ2v) is 10.0. The molecule has 1 aromatic rings. The van der Waals surface area contributed by atoms with Crippen molar-refractivity contribution in [1.82, 2.24) is 4.90 Å². The second kappa shape index (κ2) is 8.36. The van der Waals surface area contributed by atoms with Gasteiger partial charge in [-0.3, -0.25) is 14.4 Å². The van der Waals surface area contributed by atoms with Crippen LogP contribution in [0, 0.1) is 5.41 Å². The van der Waals surface area contributed by atoms with Gasteiger partial charge in [0.1, 0.15) is 6.04 Å². The lowest BCUT2D eigenvalue weighted by atomic mass is 9.88. The molecule has 5 nitrogen and oxygen atoms in total. The Hall–Kier alpha value is -1.69. The molecule has 0 aromatic heterocycles. The van der Waals surface area contributed by atoms with Crippen molar-refractivity contribution < 1.29 is 14.4 Å². The Bertz CT molecular complexity index is 748. The number of halogens is 1. The minimum atomic E-state index is -0.686. The third-order valence-corrected chi connectivity index (χ3v) is 6.01. The normalized spacial score (nSPS) is 21.3. The highest BCUT2D eigenvalue weighted by atomic mass is 79.9. The number of benzene rings is 1. The van der Waals surface area contributed by atoms with E-state index in [1.807, 2.05) is 32.9 Å². The lowest BCUT2D eigenvalue weighted by Gasteiger charge is -2.38. The topological polar surface area (TPSA) is 57.7 Å². The maximum atomic E-state index is 13.3. The number of hydrogen-bond donors (Lipinski definition) is 0. The molecule has 6 heteroatoms. The average molecular weight is 449 g/mol. The van der Waals surface area contributed by atoms with Crippen molar-refractivity contribution in [2.45, 2.75) is 77.8 Å². The maximum absolute atomic E-state index is 13.3. The zero-order chi connectivity index (χ0) is 20.5. The molecule has 1 aliphatic heterocycles. The largest absolute Gasteiger partial charge is 0.327 e. The second-order valence-electron chi connectivity index (χ2n) is 9.09. The summed E-state index contributed by atoms with van der Waals surface area (Å²) in [5.41, 5.74) is 0.397. The molecular formula is C22H29BrN2O3. The first-order valence-corrected chi connectivity index (χ1v) is 10.9. The summed E-state index contributed by atoms with van der Waals surface area (Å²) in [6, 6.07) is 6.50. The van der Waals surface area contributed by atoms with Crippen molar-refractivity contribution in [3.8, 4) is 0 Å². The van der Waals surface area contributed by atoms with Crippen LogP contribution in [0.1, 0.15) is 65.7 Å². The molecule has 1 saturated heterocycles. The number of hydrogen-bond acceptors (Lipinski definition) is 3. The van der Waals surface area contributed by atoms with Crippen LogP contribution >= 0.6 is 15.9 Å². The summed E-state index contributed by atoms with van der Waals surface area (Å²) in [4.78, 5) is 42.2. The predicted octanol–water partition coefficient (Wildman–Crippen LogP) is 4.68. The van der Waals surface area contributed by atoms with E-state index in [1.54, 1.807) is 17.0 Å². The van der Waals surface area contributed by atoms with Crippen LogP contribution in [0.3, 0.4) is 0 Å². The summed E-state index contributed by atoms with van der Waals surface area (Å²) in [6.07, 6.45) is 5.56. The lowest BCUT2D eigenvalue weighted by Crippen LogP contribution is -2.52. The van der Waals surface area contributed by atoms with Gasteiger partial charge in [0.25, 0.3) is 5.91 Å². The van der Waals surface area contributed by atoms with Gasteiger partial charge in [0, 0.05) is 16.9 Å². The molecular weight excluding hydrogens is 420 g/mol. The molecule has 2 aliphatic rings. The summed E-state index contributed by atoms with van der Waals surface area (Å²) < 4.78 is 0.885. The van der Waals surface area contributed by atoms with Crippen molar-refractivity contribution in [2.24, 2.45) is 5.41 Å². The van der Waals surface area contributed by atoms with E-state index >= 15 is 0 Å².